The predicted molar refractivity (Wildman–Crippen MR) is 78.1 cm³/mol. The molecule has 0 spiro atoms. The maximum atomic E-state index is 6.09. The average molecular weight is 246 g/mol. The second kappa shape index (κ2) is 4.13. The van der Waals surface area contributed by atoms with Gasteiger partial charge in [0, 0.05) is 16.5 Å². The molecule has 0 amide bonds. The molecule has 0 radical (unpaired) electrons. The van der Waals surface area contributed by atoms with Crippen molar-refractivity contribution in [3.8, 4) is 0 Å². The number of fused-ring (bicyclic) bond motifs is 3. The normalized spacial score (nSPS) is 14.2. The second-order valence-electron chi connectivity index (χ2n) is 4.93. The summed E-state index contributed by atoms with van der Waals surface area (Å²) in [7, 11) is 0. The summed E-state index contributed by atoms with van der Waals surface area (Å²) in [5, 5.41) is 1.26. The Morgan fingerprint density at radius 2 is 1.63 bits per heavy atom. The Balaban J connectivity index is 1.96. The fraction of sp³-hybridized carbons (Fsp3) is 0.111. The molecule has 0 saturated carbocycles. The summed E-state index contributed by atoms with van der Waals surface area (Å²) in [6.07, 6.45) is 4.45. The van der Waals surface area contributed by atoms with E-state index in [-0.39, 0.29) is 0 Å². The van der Waals surface area contributed by atoms with Crippen molar-refractivity contribution in [2.75, 3.05) is 0 Å². The van der Waals surface area contributed by atoms with Crippen LogP contribution in [0.4, 0.5) is 0 Å². The average Bonchev–Trinajstić information content (AvgIpc) is 2.87. The highest BCUT2D eigenvalue weighted by atomic mass is 16.3. The van der Waals surface area contributed by atoms with Crippen LogP contribution in [0, 0.1) is 0 Å². The predicted octanol–water partition coefficient (Wildman–Crippen LogP) is 4.81. The van der Waals surface area contributed by atoms with Gasteiger partial charge < -0.3 is 4.42 Å². The summed E-state index contributed by atoms with van der Waals surface area (Å²) in [6.45, 7) is 0. The Morgan fingerprint density at radius 3 is 2.53 bits per heavy atom. The lowest BCUT2D eigenvalue weighted by atomic mass is 9.91. The summed E-state index contributed by atoms with van der Waals surface area (Å²) in [5.74, 6) is 1.05. The fourth-order valence-corrected chi connectivity index (χ4v) is 2.88. The van der Waals surface area contributed by atoms with Crippen LogP contribution in [-0.4, -0.2) is 0 Å². The molecule has 1 heteroatoms. The third kappa shape index (κ3) is 1.62. The van der Waals surface area contributed by atoms with E-state index >= 15 is 0 Å². The smallest absolute Gasteiger partial charge is 0.138 e. The number of rotatable bonds is 1. The lowest BCUT2D eigenvalue weighted by Gasteiger charge is -2.12. The minimum absolute atomic E-state index is 0.997. The number of allylic oxidation sites excluding steroid dienone is 1. The van der Waals surface area contributed by atoms with Gasteiger partial charge in [0.2, 0.25) is 0 Å². The van der Waals surface area contributed by atoms with Crippen LogP contribution in [-0.2, 0) is 6.42 Å². The molecule has 0 N–H and O–H groups in total. The molecule has 19 heavy (non-hydrogen) atoms. The molecule has 0 unspecified atom stereocenters. The molecule has 1 aromatic heterocycles. The van der Waals surface area contributed by atoms with Gasteiger partial charge in [-0.1, -0.05) is 54.6 Å². The number of aryl methyl sites for hydroxylation is 1. The zero-order valence-corrected chi connectivity index (χ0v) is 10.6. The highest BCUT2D eigenvalue weighted by Crippen LogP contribution is 2.37. The maximum absolute atomic E-state index is 6.09. The van der Waals surface area contributed by atoms with Gasteiger partial charge in [0.25, 0.3) is 0 Å². The first kappa shape index (κ1) is 10.6. The van der Waals surface area contributed by atoms with Crippen LogP contribution < -0.4 is 0 Å². The molecular weight excluding hydrogens is 232 g/mol. The molecular formula is C18H14O. The summed E-state index contributed by atoms with van der Waals surface area (Å²) in [5.41, 5.74) is 4.83. The minimum Gasteiger partial charge on any atom is -0.456 e. The highest BCUT2D eigenvalue weighted by molar-refractivity contribution is 5.91. The molecule has 0 fully saturated rings. The Kier molecular flexibility index (Phi) is 2.31. The van der Waals surface area contributed by atoms with Gasteiger partial charge in [0.1, 0.15) is 11.3 Å². The Labute approximate surface area is 112 Å². The Hall–Kier alpha value is -2.28. The molecule has 4 rings (SSSR count). The van der Waals surface area contributed by atoms with E-state index in [2.05, 4.69) is 48.5 Å². The molecule has 3 aromatic rings. The van der Waals surface area contributed by atoms with Gasteiger partial charge in [0.05, 0.1) is 0 Å². The number of hydrogen-bond donors (Lipinski definition) is 0. The van der Waals surface area contributed by atoms with Gasteiger partial charge in [-0.2, -0.15) is 0 Å². The van der Waals surface area contributed by atoms with Crippen LogP contribution in [0.1, 0.15) is 23.3 Å². The maximum Gasteiger partial charge on any atom is 0.138 e. The molecule has 0 saturated heterocycles. The van der Waals surface area contributed by atoms with E-state index in [0.717, 1.165) is 24.2 Å². The lowest BCUT2D eigenvalue weighted by molar-refractivity contribution is 0.591. The van der Waals surface area contributed by atoms with Crippen molar-refractivity contribution in [1.29, 1.82) is 0 Å². The highest BCUT2D eigenvalue weighted by Gasteiger charge is 2.21. The van der Waals surface area contributed by atoms with Crippen LogP contribution in [0.15, 0.2) is 65.1 Å². The molecule has 92 valence electrons. The van der Waals surface area contributed by atoms with Gasteiger partial charge in [-0.25, -0.2) is 0 Å². The van der Waals surface area contributed by atoms with Gasteiger partial charge in [-0.15, -0.1) is 0 Å². The van der Waals surface area contributed by atoms with Crippen molar-refractivity contribution in [3.05, 3.63) is 77.6 Å². The number of hydrogen-bond acceptors (Lipinski definition) is 1. The molecule has 1 aliphatic rings. The largest absolute Gasteiger partial charge is 0.456 e. The topological polar surface area (TPSA) is 13.1 Å². The number of benzene rings is 2. The third-order valence-corrected chi connectivity index (χ3v) is 3.77. The van der Waals surface area contributed by atoms with E-state index in [4.69, 9.17) is 4.42 Å². The third-order valence-electron chi connectivity index (χ3n) is 3.77. The SMILES string of the molecule is C1=C(c2ccccc2)c2oc3ccccc3c2CC1. The minimum atomic E-state index is 0.997. The fourth-order valence-electron chi connectivity index (χ4n) is 2.88. The van der Waals surface area contributed by atoms with Crippen molar-refractivity contribution in [3.63, 3.8) is 0 Å². The molecule has 1 nitrogen and oxygen atoms in total. The lowest BCUT2D eigenvalue weighted by Crippen LogP contribution is -1.97. The standard InChI is InChI=1S/C18H14O/c1-2-7-13(8-3-1)14-10-6-11-16-15-9-4-5-12-17(15)19-18(14)16/h1-5,7-10,12H,6,11H2. The Bertz CT molecular complexity index is 763. The Morgan fingerprint density at radius 1 is 0.842 bits per heavy atom. The van der Waals surface area contributed by atoms with Crippen molar-refractivity contribution in [2.24, 2.45) is 0 Å². The molecule has 1 heterocycles. The van der Waals surface area contributed by atoms with Crippen LogP contribution in [0.25, 0.3) is 16.5 Å². The zero-order chi connectivity index (χ0) is 12.7. The molecule has 1 aliphatic carbocycles. The first-order chi connectivity index (χ1) is 9.43. The second-order valence-corrected chi connectivity index (χ2v) is 4.93. The summed E-state index contributed by atoms with van der Waals surface area (Å²) in [6, 6.07) is 18.8. The van der Waals surface area contributed by atoms with E-state index in [9.17, 15) is 0 Å². The first-order valence-electron chi connectivity index (χ1n) is 6.70. The van der Waals surface area contributed by atoms with Crippen LogP contribution >= 0.6 is 0 Å². The molecule has 0 bridgehead atoms. The molecule has 2 aromatic carbocycles. The van der Waals surface area contributed by atoms with Gasteiger partial charge >= 0.3 is 0 Å². The van der Waals surface area contributed by atoms with Gasteiger partial charge in [-0.05, 0) is 24.5 Å². The monoisotopic (exact) mass is 246 g/mol. The van der Waals surface area contributed by atoms with Gasteiger partial charge in [0.15, 0.2) is 0 Å². The number of furan rings is 1. The summed E-state index contributed by atoms with van der Waals surface area (Å²) >= 11 is 0. The van der Waals surface area contributed by atoms with E-state index in [0.29, 0.717) is 0 Å². The molecule has 0 atom stereocenters. The van der Waals surface area contributed by atoms with Gasteiger partial charge in [-0.3, -0.25) is 0 Å². The first-order valence-corrected chi connectivity index (χ1v) is 6.70. The van der Waals surface area contributed by atoms with Crippen LogP contribution in [0.2, 0.25) is 0 Å². The quantitative estimate of drug-likeness (QED) is 0.600. The van der Waals surface area contributed by atoms with E-state index in [1.165, 1.54) is 22.1 Å². The van der Waals surface area contributed by atoms with Crippen molar-refractivity contribution in [1.82, 2.24) is 0 Å². The summed E-state index contributed by atoms with van der Waals surface area (Å²) < 4.78 is 6.09. The van der Waals surface area contributed by atoms with Crippen molar-refractivity contribution in [2.45, 2.75) is 12.8 Å². The van der Waals surface area contributed by atoms with Crippen molar-refractivity contribution >= 4 is 16.5 Å². The summed E-state index contributed by atoms with van der Waals surface area (Å²) in [4.78, 5) is 0. The van der Waals surface area contributed by atoms with E-state index in [1.54, 1.807) is 0 Å². The van der Waals surface area contributed by atoms with E-state index in [1.807, 2.05) is 12.1 Å². The zero-order valence-electron chi connectivity index (χ0n) is 10.6. The number of para-hydroxylation sites is 1. The van der Waals surface area contributed by atoms with E-state index < -0.39 is 0 Å². The van der Waals surface area contributed by atoms with Crippen molar-refractivity contribution < 1.29 is 4.42 Å². The van der Waals surface area contributed by atoms with Crippen LogP contribution in [0.5, 0.6) is 0 Å². The molecule has 0 aliphatic heterocycles. The van der Waals surface area contributed by atoms with Crippen LogP contribution in [0.3, 0.4) is 0 Å².